The van der Waals surface area contributed by atoms with Crippen molar-refractivity contribution in [2.24, 2.45) is 0 Å². The number of rotatable bonds is 5. The predicted octanol–water partition coefficient (Wildman–Crippen LogP) is 2.24. The molecule has 4 rings (SSSR count). The Morgan fingerprint density at radius 1 is 1.30 bits per heavy atom. The van der Waals surface area contributed by atoms with Gasteiger partial charge in [-0.1, -0.05) is 17.3 Å². The van der Waals surface area contributed by atoms with Crippen LogP contribution in [0.5, 0.6) is 0 Å². The van der Waals surface area contributed by atoms with E-state index in [0.717, 1.165) is 0 Å². The molecule has 0 radical (unpaired) electrons. The molecule has 0 saturated carbocycles. The molecule has 3 heterocycles. The fourth-order valence-corrected chi connectivity index (χ4v) is 3.28. The van der Waals surface area contributed by atoms with Crippen molar-refractivity contribution >= 4 is 33.3 Å². The van der Waals surface area contributed by atoms with Gasteiger partial charge in [0.15, 0.2) is 10.8 Å². The maximum absolute atomic E-state index is 12.4. The molecule has 3 aromatic heterocycles. The number of anilines is 1. The van der Waals surface area contributed by atoms with Gasteiger partial charge in [-0.25, -0.2) is 14.6 Å². The molecule has 1 aromatic carbocycles. The number of amides is 1. The Kier molecular flexibility index (Phi) is 4.47. The second-order valence-corrected chi connectivity index (χ2v) is 6.65. The van der Waals surface area contributed by atoms with Gasteiger partial charge in [-0.2, -0.15) is 0 Å². The zero-order valence-electron chi connectivity index (χ0n) is 14.2. The van der Waals surface area contributed by atoms with Crippen LogP contribution >= 0.6 is 11.3 Å². The molecule has 0 atom stereocenters. The van der Waals surface area contributed by atoms with Crippen molar-refractivity contribution in [2.75, 3.05) is 5.32 Å². The second kappa shape index (κ2) is 7.08. The molecular weight excluding hydrogens is 368 g/mol. The van der Waals surface area contributed by atoms with Crippen LogP contribution in [0, 0.1) is 6.92 Å². The molecule has 0 saturated heterocycles. The molecule has 1 N–H and O–H groups in total. The molecule has 10 heteroatoms. The van der Waals surface area contributed by atoms with Gasteiger partial charge >= 0.3 is 0 Å². The zero-order chi connectivity index (χ0) is 18.8. The van der Waals surface area contributed by atoms with Gasteiger partial charge in [0.25, 0.3) is 5.56 Å². The number of aromatic nitrogens is 5. The van der Waals surface area contributed by atoms with Crippen molar-refractivity contribution < 1.29 is 9.42 Å². The molecule has 136 valence electrons. The number of nitrogens with one attached hydrogen (secondary N) is 1. The summed E-state index contributed by atoms with van der Waals surface area (Å²) in [6.07, 6.45) is 1.58. The fourth-order valence-electron chi connectivity index (χ4n) is 2.57. The lowest BCUT2D eigenvalue weighted by atomic mass is 10.2. The van der Waals surface area contributed by atoms with E-state index < -0.39 is 0 Å². The minimum atomic E-state index is -0.244. The van der Waals surface area contributed by atoms with Crippen molar-refractivity contribution in [3.63, 3.8) is 0 Å². The SMILES string of the molecule is Cc1nonc1-c1csc(NC(=O)CCn2cnc3ccccc3c2=O)n1. The highest BCUT2D eigenvalue weighted by atomic mass is 32.1. The highest BCUT2D eigenvalue weighted by molar-refractivity contribution is 7.14. The van der Waals surface area contributed by atoms with Gasteiger partial charge in [0, 0.05) is 18.3 Å². The molecule has 0 fully saturated rings. The summed E-state index contributed by atoms with van der Waals surface area (Å²) in [5.41, 5.74) is 2.22. The summed E-state index contributed by atoms with van der Waals surface area (Å²) in [6, 6.07) is 7.11. The molecular formula is C17H14N6O3S. The van der Waals surface area contributed by atoms with Gasteiger partial charge in [-0.15, -0.1) is 11.3 Å². The van der Waals surface area contributed by atoms with Crippen LogP contribution < -0.4 is 10.9 Å². The third-order valence-electron chi connectivity index (χ3n) is 3.96. The van der Waals surface area contributed by atoms with Crippen LogP contribution in [0.15, 0.2) is 45.4 Å². The lowest BCUT2D eigenvalue weighted by molar-refractivity contribution is -0.116. The first kappa shape index (κ1) is 17.0. The van der Waals surface area contributed by atoms with Gasteiger partial charge in [0.2, 0.25) is 5.91 Å². The smallest absolute Gasteiger partial charge is 0.261 e. The van der Waals surface area contributed by atoms with Gasteiger partial charge in [0.1, 0.15) is 11.4 Å². The summed E-state index contributed by atoms with van der Waals surface area (Å²) >= 11 is 1.28. The van der Waals surface area contributed by atoms with Crippen molar-refractivity contribution in [1.82, 2.24) is 24.8 Å². The maximum Gasteiger partial charge on any atom is 0.261 e. The molecule has 0 aliphatic rings. The minimum Gasteiger partial charge on any atom is -0.302 e. The number of aryl methyl sites for hydroxylation is 2. The number of carbonyl (C=O) groups excluding carboxylic acids is 1. The number of nitrogens with zero attached hydrogens (tertiary/aromatic N) is 5. The van der Waals surface area contributed by atoms with Gasteiger partial charge in [0.05, 0.1) is 17.2 Å². The van der Waals surface area contributed by atoms with Crippen LogP contribution in [-0.4, -0.2) is 30.8 Å². The van der Waals surface area contributed by atoms with E-state index in [2.05, 4.69) is 30.2 Å². The topological polar surface area (TPSA) is 116 Å². The Balaban J connectivity index is 1.42. The van der Waals surface area contributed by atoms with Gasteiger partial charge in [-0.05, 0) is 24.2 Å². The normalized spacial score (nSPS) is 11.0. The van der Waals surface area contributed by atoms with Gasteiger partial charge < -0.3 is 5.32 Å². The first-order valence-corrected chi connectivity index (χ1v) is 8.99. The van der Waals surface area contributed by atoms with Crippen LogP contribution in [0.4, 0.5) is 5.13 Å². The van der Waals surface area contributed by atoms with Crippen molar-refractivity contribution in [3.8, 4) is 11.4 Å². The van der Waals surface area contributed by atoms with E-state index >= 15 is 0 Å². The maximum atomic E-state index is 12.4. The van der Waals surface area contributed by atoms with E-state index in [0.29, 0.717) is 33.1 Å². The minimum absolute atomic E-state index is 0.124. The Morgan fingerprint density at radius 2 is 2.15 bits per heavy atom. The second-order valence-electron chi connectivity index (χ2n) is 5.79. The Bertz CT molecular complexity index is 1180. The quantitative estimate of drug-likeness (QED) is 0.563. The molecule has 4 aromatic rings. The zero-order valence-corrected chi connectivity index (χ0v) is 15.1. The third-order valence-corrected chi connectivity index (χ3v) is 4.71. The summed E-state index contributed by atoms with van der Waals surface area (Å²) in [5, 5.41) is 13.0. The summed E-state index contributed by atoms with van der Waals surface area (Å²) in [5.74, 6) is -0.244. The van der Waals surface area contributed by atoms with Crippen molar-refractivity contribution in [1.29, 1.82) is 0 Å². The number of carbonyl (C=O) groups is 1. The number of thiazole rings is 1. The number of hydrogen-bond donors (Lipinski definition) is 1. The van der Waals surface area contributed by atoms with Crippen LogP contribution in [0.25, 0.3) is 22.3 Å². The number of fused-ring (bicyclic) bond motifs is 1. The predicted molar refractivity (Wildman–Crippen MR) is 99.4 cm³/mol. The third kappa shape index (κ3) is 3.47. The average Bonchev–Trinajstić information content (AvgIpc) is 3.30. The molecule has 0 bridgehead atoms. The molecule has 27 heavy (non-hydrogen) atoms. The standard InChI is InChI=1S/C17H14N6O3S/c1-10-15(22-26-21-10)13-8-27-17(19-13)20-14(24)6-7-23-9-18-12-5-3-2-4-11(12)16(23)25/h2-5,8-9H,6-7H2,1H3,(H,19,20,24). The van der Waals surface area contributed by atoms with Crippen LogP contribution in [-0.2, 0) is 11.3 Å². The monoisotopic (exact) mass is 382 g/mol. The molecule has 0 spiro atoms. The van der Waals surface area contributed by atoms with E-state index in [9.17, 15) is 9.59 Å². The molecule has 1 amide bonds. The number of hydrogen-bond acceptors (Lipinski definition) is 8. The lowest BCUT2D eigenvalue weighted by Gasteiger charge is -2.06. The first-order valence-electron chi connectivity index (χ1n) is 8.11. The summed E-state index contributed by atoms with van der Waals surface area (Å²) < 4.78 is 6.09. The van der Waals surface area contributed by atoms with Crippen LogP contribution in [0.2, 0.25) is 0 Å². The molecule has 0 aliphatic carbocycles. The lowest BCUT2D eigenvalue weighted by Crippen LogP contribution is -2.23. The van der Waals surface area contributed by atoms with E-state index in [1.807, 2.05) is 6.07 Å². The van der Waals surface area contributed by atoms with Crippen LogP contribution in [0.1, 0.15) is 12.1 Å². The first-order chi connectivity index (χ1) is 13.1. The van der Waals surface area contributed by atoms with Crippen molar-refractivity contribution in [2.45, 2.75) is 19.9 Å². The van der Waals surface area contributed by atoms with Crippen molar-refractivity contribution in [3.05, 3.63) is 52.0 Å². The summed E-state index contributed by atoms with van der Waals surface area (Å²) in [4.78, 5) is 33.2. The Morgan fingerprint density at radius 3 is 2.96 bits per heavy atom. The molecule has 0 aliphatic heterocycles. The average molecular weight is 382 g/mol. The van der Waals surface area contributed by atoms with E-state index in [4.69, 9.17) is 0 Å². The number of para-hydroxylation sites is 1. The summed E-state index contributed by atoms with van der Waals surface area (Å²) in [6.45, 7) is 1.99. The Labute approximate surface area is 156 Å². The van der Waals surface area contributed by atoms with Gasteiger partial charge in [-0.3, -0.25) is 14.2 Å². The highest BCUT2D eigenvalue weighted by Gasteiger charge is 2.14. The highest BCUT2D eigenvalue weighted by Crippen LogP contribution is 2.25. The van der Waals surface area contributed by atoms with Crippen LogP contribution in [0.3, 0.4) is 0 Å². The summed E-state index contributed by atoms with van der Waals surface area (Å²) in [7, 11) is 0. The molecule has 0 unspecified atom stereocenters. The van der Waals surface area contributed by atoms with E-state index in [-0.39, 0.29) is 24.4 Å². The van der Waals surface area contributed by atoms with E-state index in [1.165, 1.54) is 22.2 Å². The Hall–Kier alpha value is -3.40. The largest absolute Gasteiger partial charge is 0.302 e. The fraction of sp³-hybridized carbons (Fsp3) is 0.176. The van der Waals surface area contributed by atoms with E-state index in [1.54, 1.807) is 30.5 Å². The molecule has 9 nitrogen and oxygen atoms in total. The number of benzene rings is 1.